The minimum absolute atomic E-state index is 0.211. The minimum atomic E-state index is -1.39. The van der Waals surface area contributed by atoms with E-state index in [-0.39, 0.29) is 17.0 Å². The quantitative estimate of drug-likeness (QED) is 0.833. The van der Waals surface area contributed by atoms with E-state index in [2.05, 4.69) is 24.3 Å². The number of halogens is 1. The topological polar surface area (TPSA) is 82.1 Å². The van der Waals surface area contributed by atoms with Crippen molar-refractivity contribution in [1.29, 1.82) is 0 Å². The smallest absolute Gasteiger partial charge is 0.270 e. The van der Waals surface area contributed by atoms with Crippen LogP contribution in [0, 0.1) is 5.92 Å². The van der Waals surface area contributed by atoms with Crippen LogP contribution in [0.25, 0.3) is 0 Å². The van der Waals surface area contributed by atoms with Gasteiger partial charge in [-0.2, -0.15) is 5.01 Å². The van der Waals surface area contributed by atoms with Crippen molar-refractivity contribution in [2.75, 3.05) is 11.4 Å². The van der Waals surface area contributed by atoms with E-state index in [1.165, 1.54) is 13.8 Å². The fourth-order valence-corrected chi connectivity index (χ4v) is 4.69. The molecule has 0 fully saturated rings. The molecular formula is C18H21ClN4O3S. The zero-order valence-corrected chi connectivity index (χ0v) is 17.1. The molecule has 2 aliphatic heterocycles. The number of amidine groups is 1. The molecule has 1 spiro atoms. The lowest BCUT2D eigenvalue weighted by Gasteiger charge is -2.29. The SMILES string of the molecule is CC(=O)NC1=NN(C(C)=O)[C@]2(S1)C(=O)N(CCC(C)C)c1ccc(Cl)cc12. The van der Waals surface area contributed by atoms with E-state index >= 15 is 0 Å². The third kappa shape index (κ3) is 3.32. The van der Waals surface area contributed by atoms with Crippen LogP contribution in [0.15, 0.2) is 23.3 Å². The number of hydrogen-bond acceptors (Lipinski definition) is 5. The Morgan fingerprint density at radius 3 is 2.63 bits per heavy atom. The van der Waals surface area contributed by atoms with Gasteiger partial charge in [0.1, 0.15) is 0 Å². The normalized spacial score (nSPS) is 21.1. The van der Waals surface area contributed by atoms with E-state index in [0.29, 0.717) is 28.7 Å². The van der Waals surface area contributed by atoms with Gasteiger partial charge in [0.05, 0.1) is 5.69 Å². The summed E-state index contributed by atoms with van der Waals surface area (Å²) in [6.45, 7) is 7.39. The van der Waals surface area contributed by atoms with Gasteiger partial charge in [0.15, 0.2) is 5.17 Å². The molecule has 0 radical (unpaired) electrons. The van der Waals surface area contributed by atoms with E-state index in [1.54, 1.807) is 23.1 Å². The van der Waals surface area contributed by atoms with Gasteiger partial charge in [0, 0.05) is 31.0 Å². The van der Waals surface area contributed by atoms with Crippen molar-refractivity contribution in [3.8, 4) is 0 Å². The predicted octanol–water partition coefficient (Wildman–Crippen LogP) is 2.89. The summed E-state index contributed by atoms with van der Waals surface area (Å²) in [5.41, 5.74) is 1.32. The largest absolute Gasteiger partial charge is 0.309 e. The first-order chi connectivity index (χ1) is 12.7. The van der Waals surface area contributed by atoms with E-state index in [1.807, 2.05) is 0 Å². The molecule has 0 bridgehead atoms. The Bertz CT molecular complexity index is 857. The number of nitrogens with one attached hydrogen (secondary N) is 1. The van der Waals surface area contributed by atoms with E-state index < -0.39 is 10.8 Å². The molecule has 1 aromatic rings. The summed E-state index contributed by atoms with van der Waals surface area (Å²) in [5.74, 6) is -0.566. The van der Waals surface area contributed by atoms with Crippen molar-refractivity contribution in [2.24, 2.45) is 11.0 Å². The molecule has 0 saturated carbocycles. The number of rotatable bonds is 3. The number of fused-ring (bicyclic) bond motifs is 2. The molecule has 1 N–H and O–H groups in total. The average molecular weight is 409 g/mol. The molecule has 1 aromatic carbocycles. The monoisotopic (exact) mass is 408 g/mol. The van der Waals surface area contributed by atoms with Crippen LogP contribution in [0.3, 0.4) is 0 Å². The van der Waals surface area contributed by atoms with Crippen LogP contribution in [0.1, 0.15) is 39.7 Å². The fourth-order valence-electron chi connectivity index (χ4n) is 3.19. The summed E-state index contributed by atoms with van der Waals surface area (Å²) in [6.07, 6.45) is 0.814. The van der Waals surface area contributed by atoms with Crippen molar-refractivity contribution in [2.45, 2.75) is 39.0 Å². The molecule has 3 amide bonds. The van der Waals surface area contributed by atoms with Crippen molar-refractivity contribution >= 4 is 51.9 Å². The molecule has 9 heteroatoms. The van der Waals surface area contributed by atoms with Crippen LogP contribution in [-0.4, -0.2) is 34.4 Å². The van der Waals surface area contributed by atoms with E-state index in [0.717, 1.165) is 23.2 Å². The second-order valence-electron chi connectivity index (χ2n) is 6.96. The maximum absolute atomic E-state index is 13.5. The number of nitrogens with zero attached hydrogens (tertiary/aromatic N) is 3. The zero-order valence-electron chi connectivity index (χ0n) is 15.6. The van der Waals surface area contributed by atoms with Crippen molar-refractivity contribution in [3.05, 3.63) is 28.8 Å². The number of hydrogen-bond donors (Lipinski definition) is 1. The summed E-state index contributed by atoms with van der Waals surface area (Å²) >= 11 is 7.26. The molecule has 1 atom stereocenters. The molecule has 0 unspecified atom stereocenters. The number of amides is 3. The molecule has 0 aromatic heterocycles. The Morgan fingerprint density at radius 1 is 1.33 bits per heavy atom. The van der Waals surface area contributed by atoms with Gasteiger partial charge in [0.25, 0.3) is 5.91 Å². The van der Waals surface area contributed by atoms with Crippen molar-refractivity contribution in [1.82, 2.24) is 10.3 Å². The molecule has 0 aliphatic carbocycles. The number of hydrazone groups is 1. The van der Waals surface area contributed by atoms with Crippen LogP contribution < -0.4 is 10.2 Å². The van der Waals surface area contributed by atoms with Gasteiger partial charge in [0.2, 0.25) is 16.7 Å². The third-order valence-corrected chi connectivity index (χ3v) is 5.87. The van der Waals surface area contributed by atoms with Gasteiger partial charge in [-0.15, -0.1) is 5.10 Å². The van der Waals surface area contributed by atoms with E-state index in [4.69, 9.17) is 11.6 Å². The predicted molar refractivity (Wildman–Crippen MR) is 106 cm³/mol. The summed E-state index contributed by atoms with van der Waals surface area (Å²) in [6, 6.07) is 5.21. The van der Waals surface area contributed by atoms with Gasteiger partial charge in [-0.1, -0.05) is 25.4 Å². The van der Waals surface area contributed by atoms with Gasteiger partial charge in [-0.3, -0.25) is 14.4 Å². The molecular weight excluding hydrogens is 388 g/mol. The summed E-state index contributed by atoms with van der Waals surface area (Å²) < 4.78 is 0. The zero-order chi connectivity index (χ0) is 19.9. The Labute approximate surface area is 167 Å². The second kappa shape index (κ2) is 7.16. The first-order valence-electron chi connectivity index (χ1n) is 8.64. The standard InChI is InChI=1S/C18H21ClN4O3S/c1-10(2)7-8-22-15-6-5-13(19)9-14(15)18(16(22)26)23(12(4)25)21-17(27-18)20-11(3)24/h5-6,9-10H,7-8H2,1-4H3,(H,20,21,24)/t18-/m1/s1. The fraction of sp³-hybridized carbons (Fsp3) is 0.444. The third-order valence-electron chi connectivity index (χ3n) is 4.39. The van der Waals surface area contributed by atoms with Gasteiger partial charge in [-0.05, 0) is 42.3 Å². The summed E-state index contributed by atoms with van der Waals surface area (Å²) in [5, 5.41) is 8.62. The maximum atomic E-state index is 13.5. The number of carbonyl (C=O) groups is 3. The number of anilines is 1. The number of benzene rings is 1. The highest BCUT2D eigenvalue weighted by molar-refractivity contribution is 8.15. The maximum Gasteiger partial charge on any atom is 0.270 e. The lowest BCUT2D eigenvalue weighted by molar-refractivity contribution is -0.139. The Morgan fingerprint density at radius 2 is 2.04 bits per heavy atom. The molecule has 7 nitrogen and oxygen atoms in total. The Kier molecular flexibility index (Phi) is 5.22. The molecule has 2 aliphatic rings. The van der Waals surface area contributed by atoms with Crippen LogP contribution in [0.2, 0.25) is 5.02 Å². The van der Waals surface area contributed by atoms with Gasteiger partial charge < -0.3 is 10.2 Å². The lowest BCUT2D eigenvalue weighted by Crippen LogP contribution is -2.48. The van der Waals surface area contributed by atoms with Gasteiger partial charge >= 0.3 is 0 Å². The van der Waals surface area contributed by atoms with Crippen molar-refractivity contribution in [3.63, 3.8) is 0 Å². The van der Waals surface area contributed by atoms with Crippen molar-refractivity contribution < 1.29 is 14.4 Å². The van der Waals surface area contributed by atoms with Crippen LogP contribution in [0.5, 0.6) is 0 Å². The first-order valence-corrected chi connectivity index (χ1v) is 9.84. The molecule has 144 valence electrons. The lowest BCUT2D eigenvalue weighted by atomic mass is 10.1. The minimum Gasteiger partial charge on any atom is -0.309 e. The second-order valence-corrected chi connectivity index (χ2v) is 8.58. The summed E-state index contributed by atoms with van der Waals surface area (Å²) in [7, 11) is 0. The molecule has 0 saturated heterocycles. The molecule has 27 heavy (non-hydrogen) atoms. The average Bonchev–Trinajstić information content (AvgIpc) is 3.04. The highest BCUT2D eigenvalue weighted by atomic mass is 35.5. The van der Waals surface area contributed by atoms with Crippen LogP contribution >= 0.6 is 23.4 Å². The number of carbonyl (C=O) groups excluding carboxylic acids is 3. The highest BCUT2D eigenvalue weighted by Crippen LogP contribution is 2.54. The Hall–Kier alpha value is -2.06. The summed E-state index contributed by atoms with van der Waals surface area (Å²) in [4.78, 5) is 37.6. The first kappa shape index (κ1) is 19.7. The van der Waals surface area contributed by atoms with Gasteiger partial charge in [-0.25, -0.2) is 0 Å². The molecule has 2 heterocycles. The van der Waals surface area contributed by atoms with Crippen LogP contribution in [-0.2, 0) is 19.3 Å². The number of thioether (sulfide) groups is 1. The Balaban J connectivity index is 2.11. The van der Waals surface area contributed by atoms with E-state index in [9.17, 15) is 14.4 Å². The van der Waals surface area contributed by atoms with Crippen LogP contribution in [0.4, 0.5) is 5.69 Å². The highest BCUT2D eigenvalue weighted by Gasteiger charge is 2.61. The molecule has 3 rings (SSSR count).